The van der Waals surface area contributed by atoms with Gasteiger partial charge in [-0.05, 0) is 46.3 Å². The van der Waals surface area contributed by atoms with E-state index >= 15 is 0 Å². The summed E-state index contributed by atoms with van der Waals surface area (Å²) in [5.74, 6) is 0. The quantitative estimate of drug-likeness (QED) is 0.415. The average molecular weight is 429 g/mol. The molecule has 0 amide bonds. The molecule has 2 heterocycles. The lowest BCUT2D eigenvalue weighted by Crippen LogP contribution is -1.91. The predicted molar refractivity (Wildman–Crippen MR) is 99.7 cm³/mol. The Hall–Kier alpha value is -1.98. The van der Waals surface area contributed by atoms with Gasteiger partial charge in [0.15, 0.2) is 0 Å². The molecular formula is C18H11Br2N3. The minimum atomic E-state index is 0.956. The highest BCUT2D eigenvalue weighted by Gasteiger charge is 2.06. The second-order valence-electron chi connectivity index (χ2n) is 5.17. The summed E-state index contributed by atoms with van der Waals surface area (Å²) in [6.45, 7) is 0. The molecule has 0 atom stereocenters. The molecule has 0 N–H and O–H groups in total. The van der Waals surface area contributed by atoms with E-state index in [9.17, 15) is 0 Å². The Balaban J connectivity index is 1.77. The molecule has 4 aromatic rings. The molecule has 0 radical (unpaired) electrons. The number of hydrogen-bond donors (Lipinski definition) is 0. The van der Waals surface area contributed by atoms with Crippen LogP contribution in [0.5, 0.6) is 0 Å². The topological polar surface area (TPSA) is 30.7 Å². The van der Waals surface area contributed by atoms with Gasteiger partial charge in [0.2, 0.25) is 0 Å². The highest BCUT2D eigenvalue weighted by molar-refractivity contribution is 9.11. The Morgan fingerprint density at radius 1 is 0.913 bits per heavy atom. The molecule has 0 fully saturated rings. The summed E-state index contributed by atoms with van der Waals surface area (Å²) < 4.78 is 4.00. The predicted octanol–water partition coefficient (Wildman–Crippen LogP) is 5.61. The number of pyridine rings is 1. The highest BCUT2D eigenvalue weighted by Crippen LogP contribution is 2.29. The lowest BCUT2D eigenvalue weighted by Gasteiger charge is -2.07. The largest absolute Gasteiger partial charge is 0.306 e. The normalized spacial score (nSPS) is 11.0. The summed E-state index contributed by atoms with van der Waals surface area (Å²) in [6.07, 6.45) is 5.49. The maximum absolute atomic E-state index is 4.79. The van der Waals surface area contributed by atoms with Crippen molar-refractivity contribution in [3.8, 4) is 16.9 Å². The molecule has 0 aliphatic heterocycles. The second-order valence-corrected chi connectivity index (χ2v) is 6.94. The zero-order valence-corrected chi connectivity index (χ0v) is 15.1. The first kappa shape index (κ1) is 14.6. The van der Waals surface area contributed by atoms with Gasteiger partial charge < -0.3 is 4.57 Å². The van der Waals surface area contributed by atoms with Crippen LogP contribution in [0.1, 0.15) is 0 Å². The Morgan fingerprint density at radius 2 is 1.74 bits per heavy atom. The second kappa shape index (κ2) is 5.91. The van der Waals surface area contributed by atoms with E-state index in [4.69, 9.17) is 4.98 Å². The third-order valence-electron chi connectivity index (χ3n) is 3.68. The van der Waals surface area contributed by atoms with Crippen molar-refractivity contribution in [1.82, 2.24) is 14.5 Å². The summed E-state index contributed by atoms with van der Waals surface area (Å²) in [5, 5.41) is 1.10. The van der Waals surface area contributed by atoms with Crippen LogP contribution in [-0.4, -0.2) is 14.5 Å². The number of imidazole rings is 1. The first-order valence-electron chi connectivity index (χ1n) is 7.05. The summed E-state index contributed by atoms with van der Waals surface area (Å²) >= 11 is 7.10. The third kappa shape index (κ3) is 2.82. The summed E-state index contributed by atoms with van der Waals surface area (Å²) in [7, 11) is 0. The molecule has 2 aromatic heterocycles. The smallest absolute Gasteiger partial charge is 0.0991 e. The Labute approximate surface area is 150 Å². The van der Waals surface area contributed by atoms with E-state index in [1.54, 1.807) is 12.5 Å². The molecule has 0 saturated carbocycles. The van der Waals surface area contributed by atoms with Gasteiger partial charge in [-0.2, -0.15) is 0 Å². The van der Waals surface area contributed by atoms with Crippen molar-refractivity contribution in [2.75, 3.05) is 0 Å². The van der Waals surface area contributed by atoms with E-state index in [-0.39, 0.29) is 0 Å². The Bertz CT molecular complexity index is 977. The van der Waals surface area contributed by atoms with Gasteiger partial charge in [0.1, 0.15) is 0 Å². The lowest BCUT2D eigenvalue weighted by molar-refractivity contribution is 1.06. The molecule has 5 heteroatoms. The molecule has 0 aliphatic carbocycles. The number of halogens is 2. The van der Waals surface area contributed by atoms with Gasteiger partial charge in [-0.3, -0.25) is 0 Å². The van der Waals surface area contributed by atoms with E-state index in [2.05, 4.69) is 73.2 Å². The van der Waals surface area contributed by atoms with Crippen LogP contribution in [0.2, 0.25) is 0 Å². The Kier molecular flexibility index (Phi) is 3.75. The molecule has 23 heavy (non-hydrogen) atoms. The molecule has 0 saturated heterocycles. The standard InChI is InChI=1S/C18H11Br2N3/c19-14-9-13-3-6-17(22-18(13)16(20)10-14)12-1-4-15(5-2-12)23-8-7-21-11-23/h1-11H. The highest BCUT2D eigenvalue weighted by atomic mass is 79.9. The van der Waals surface area contributed by atoms with Crippen LogP contribution >= 0.6 is 31.9 Å². The van der Waals surface area contributed by atoms with Crippen molar-refractivity contribution in [3.63, 3.8) is 0 Å². The van der Waals surface area contributed by atoms with Gasteiger partial charge in [-0.15, -0.1) is 0 Å². The van der Waals surface area contributed by atoms with Gasteiger partial charge in [0.25, 0.3) is 0 Å². The van der Waals surface area contributed by atoms with Crippen LogP contribution in [0, 0.1) is 0 Å². The van der Waals surface area contributed by atoms with Gasteiger partial charge in [0, 0.05) is 38.0 Å². The number of hydrogen-bond acceptors (Lipinski definition) is 2. The van der Waals surface area contributed by atoms with Crippen molar-refractivity contribution in [3.05, 3.63) is 76.2 Å². The monoisotopic (exact) mass is 427 g/mol. The molecule has 0 bridgehead atoms. The minimum Gasteiger partial charge on any atom is -0.306 e. The van der Waals surface area contributed by atoms with Crippen LogP contribution < -0.4 is 0 Å². The minimum absolute atomic E-state index is 0.956. The number of aromatic nitrogens is 3. The van der Waals surface area contributed by atoms with Crippen LogP contribution in [0.3, 0.4) is 0 Å². The number of nitrogens with zero attached hydrogens (tertiary/aromatic N) is 3. The van der Waals surface area contributed by atoms with Gasteiger partial charge in [-0.25, -0.2) is 9.97 Å². The van der Waals surface area contributed by atoms with E-state index in [0.29, 0.717) is 0 Å². The zero-order chi connectivity index (χ0) is 15.8. The first-order valence-corrected chi connectivity index (χ1v) is 8.64. The van der Waals surface area contributed by atoms with E-state index in [1.165, 1.54) is 0 Å². The van der Waals surface area contributed by atoms with Crippen LogP contribution in [0.25, 0.3) is 27.8 Å². The van der Waals surface area contributed by atoms with Crippen molar-refractivity contribution in [2.24, 2.45) is 0 Å². The van der Waals surface area contributed by atoms with Gasteiger partial charge in [0.05, 0.1) is 17.5 Å². The molecule has 3 nitrogen and oxygen atoms in total. The fourth-order valence-corrected chi connectivity index (χ4v) is 3.88. The van der Waals surface area contributed by atoms with E-state index in [0.717, 1.165) is 36.8 Å². The molecule has 0 aliphatic rings. The van der Waals surface area contributed by atoms with Crippen LogP contribution in [0.4, 0.5) is 0 Å². The number of benzene rings is 2. The fourth-order valence-electron chi connectivity index (χ4n) is 2.53. The van der Waals surface area contributed by atoms with Crippen molar-refractivity contribution < 1.29 is 0 Å². The first-order chi connectivity index (χ1) is 11.2. The maximum Gasteiger partial charge on any atom is 0.0991 e. The molecule has 112 valence electrons. The molecular weight excluding hydrogens is 418 g/mol. The molecule has 0 spiro atoms. The van der Waals surface area contributed by atoms with E-state index in [1.807, 2.05) is 22.9 Å². The van der Waals surface area contributed by atoms with E-state index < -0.39 is 0 Å². The molecule has 0 unspecified atom stereocenters. The fraction of sp³-hybridized carbons (Fsp3) is 0. The Morgan fingerprint density at radius 3 is 2.48 bits per heavy atom. The van der Waals surface area contributed by atoms with Gasteiger partial charge >= 0.3 is 0 Å². The summed E-state index contributed by atoms with van der Waals surface area (Å²) in [4.78, 5) is 8.86. The van der Waals surface area contributed by atoms with Crippen molar-refractivity contribution >= 4 is 42.8 Å². The van der Waals surface area contributed by atoms with Gasteiger partial charge in [-0.1, -0.05) is 34.1 Å². The number of rotatable bonds is 2. The van der Waals surface area contributed by atoms with Crippen LogP contribution in [0.15, 0.2) is 76.2 Å². The SMILES string of the molecule is Brc1cc(Br)c2nc(-c3ccc(-n4ccnc4)cc3)ccc2c1. The van der Waals surface area contributed by atoms with Crippen LogP contribution in [-0.2, 0) is 0 Å². The number of fused-ring (bicyclic) bond motifs is 1. The van der Waals surface area contributed by atoms with Crippen molar-refractivity contribution in [2.45, 2.75) is 0 Å². The summed E-state index contributed by atoms with van der Waals surface area (Å²) in [5.41, 5.74) is 4.09. The molecule has 2 aromatic carbocycles. The summed E-state index contributed by atoms with van der Waals surface area (Å²) in [6, 6.07) is 16.5. The zero-order valence-electron chi connectivity index (χ0n) is 11.9. The lowest BCUT2D eigenvalue weighted by atomic mass is 10.1. The third-order valence-corrected chi connectivity index (χ3v) is 4.74. The maximum atomic E-state index is 4.79. The molecule has 4 rings (SSSR count). The van der Waals surface area contributed by atoms with Crippen molar-refractivity contribution in [1.29, 1.82) is 0 Å². The average Bonchev–Trinajstić information content (AvgIpc) is 3.09.